The second-order valence-electron chi connectivity index (χ2n) is 7.85. The van der Waals surface area contributed by atoms with Gasteiger partial charge in [-0.1, -0.05) is 32.0 Å². The van der Waals surface area contributed by atoms with Crippen LogP contribution in [-0.2, 0) is 0 Å². The number of piperidine rings is 1. The van der Waals surface area contributed by atoms with Crippen LogP contribution in [0.1, 0.15) is 50.6 Å². The molecule has 1 fully saturated rings. The summed E-state index contributed by atoms with van der Waals surface area (Å²) in [5.41, 5.74) is 6.23. The van der Waals surface area contributed by atoms with Gasteiger partial charge in [-0.25, -0.2) is 4.68 Å². The van der Waals surface area contributed by atoms with Gasteiger partial charge in [-0.3, -0.25) is 9.59 Å². The first-order valence-electron chi connectivity index (χ1n) is 8.79. The molecule has 0 saturated carbocycles. The molecule has 1 aliphatic rings. The van der Waals surface area contributed by atoms with Gasteiger partial charge >= 0.3 is 0 Å². The molecule has 25 heavy (non-hydrogen) atoms. The average molecular weight is 342 g/mol. The number of hydrogen-bond acceptors (Lipinski definition) is 4. The van der Waals surface area contributed by atoms with E-state index in [1.165, 1.54) is 4.68 Å². The third-order valence-corrected chi connectivity index (χ3v) is 5.12. The Morgan fingerprint density at radius 1 is 1.28 bits per heavy atom. The average Bonchev–Trinajstić information content (AvgIpc) is 2.57. The number of benzene rings is 1. The highest BCUT2D eigenvalue weighted by atomic mass is 16.2. The molecule has 6 nitrogen and oxygen atoms in total. The predicted molar refractivity (Wildman–Crippen MR) is 98.7 cm³/mol. The fraction of sp³-hybridized carbons (Fsp3) is 0.526. The van der Waals surface area contributed by atoms with Gasteiger partial charge in [0.2, 0.25) is 0 Å². The van der Waals surface area contributed by atoms with Gasteiger partial charge in [-0.15, -0.1) is 0 Å². The van der Waals surface area contributed by atoms with Gasteiger partial charge in [0.15, 0.2) is 5.69 Å². The van der Waals surface area contributed by atoms with Crippen LogP contribution in [0.4, 0.5) is 0 Å². The number of amides is 1. The lowest BCUT2D eigenvalue weighted by atomic mass is 9.79. The van der Waals surface area contributed by atoms with Gasteiger partial charge in [0.25, 0.3) is 11.5 Å². The van der Waals surface area contributed by atoms with Gasteiger partial charge < -0.3 is 10.6 Å². The molecule has 0 radical (unpaired) electrons. The molecule has 1 aromatic heterocycles. The van der Waals surface area contributed by atoms with E-state index < -0.39 is 0 Å². The van der Waals surface area contributed by atoms with Crippen molar-refractivity contribution in [2.75, 3.05) is 13.1 Å². The minimum atomic E-state index is -0.164. The number of carbonyl (C=O) groups is 1. The highest BCUT2D eigenvalue weighted by Gasteiger charge is 2.36. The van der Waals surface area contributed by atoms with Crippen LogP contribution in [0, 0.1) is 5.41 Å². The molecule has 2 aromatic rings. The van der Waals surface area contributed by atoms with Crippen LogP contribution in [0.25, 0.3) is 10.8 Å². The van der Waals surface area contributed by atoms with Crippen LogP contribution >= 0.6 is 0 Å². The van der Waals surface area contributed by atoms with Crippen LogP contribution in [0.2, 0.25) is 0 Å². The Morgan fingerprint density at radius 2 is 1.92 bits per heavy atom. The highest BCUT2D eigenvalue weighted by Crippen LogP contribution is 2.29. The zero-order valence-corrected chi connectivity index (χ0v) is 15.3. The summed E-state index contributed by atoms with van der Waals surface area (Å²) in [7, 11) is 0. The Kier molecular flexibility index (Phi) is 4.41. The van der Waals surface area contributed by atoms with E-state index in [1.807, 2.05) is 30.9 Å². The first-order chi connectivity index (χ1) is 11.7. The monoisotopic (exact) mass is 342 g/mol. The molecule has 6 heteroatoms. The molecule has 1 saturated heterocycles. The Labute approximate surface area is 147 Å². The summed E-state index contributed by atoms with van der Waals surface area (Å²) in [6, 6.07) is 7.15. The maximum Gasteiger partial charge on any atom is 0.274 e. The first-order valence-corrected chi connectivity index (χ1v) is 8.79. The fourth-order valence-electron chi connectivity index (χ4n) is 3.41. The van der Waals surface area contributed by atoms with Crippen LogP contribution in [0.5, 0.6) is 0 Å². The maximum absolute atomic E-state index is 13.2. The minimum absolute atomic E-state index is 0.0749. The number of likely N-dealkylation sites (tertiary alicyclic amines) is 1. The molecule has 0 aliphatic carbocycles. The standard InChI is InChI=1S/C19H26N4O2/c1-12(2)23-17(24)14-8-6-5-7-13(14)16(21-23)18(25)22-10-9-15(20)19(3,4)11-22/h5-8,12,15H,9-11,20H2,1-4H3. The predicted octanol–water partition coefficient (Wildman–Crippen LogP) is 2.18. The summed E-state index contributed by atoms with van der Waals surface area (Å²) in [6.45, 7) is 9.14. The Hall–Kier alpha value is -2.21. The Morgan fingerprint density at radius 3 is 2.52 bits per heavy atom. The third-order valence-electron chi connectivity index (χ3n) is 5.12. The first kappa shape index (κ1) is 17.6. The molecule has 1 aromatic carbocycles. The van der Waals surface area contributed by atoms with Crippen LogP contribution in [0.3, 0.4) is 0 Å². The van der Waals surface area contributed by atoms with Crippen molar-refractivity contribution in [3.05, 3.63) is 40.3 Å². The van der Waals surface area contributed by atoms with Crippen molar-refractivity contribution in [1.29, 1.82) is 0 Å². The molecule has 134 valence electrons. The molecule has 1 atom stereocenters. The lowest BCUT2D eigenvalue weighted by molar-refractivity contribution is 0.0527. The van der Waals surface area contributed by atoms with Crippen molar-refractivity contribution in [2.45, 2.75) is 46.2 Å². The van der Waals surface area contributed by atoms with Crippen molar-refractivity contribution < 1.29 is 4.79 Å². The van der Waals surface area contributed by atoms with Gasteiger partial charge in [0.1, 0.15) is 0 Å². The van der Waals surface area contributed by atoms with Crippen LogP contribution < -0.4 is 11.3 Å². The summed E-state index contributed by atoms with van der Waals surface area (Å²) in [6.07, 6.45) is 0.764. The SMILES string of the molecule is CC(C)n1nc(C(=O)N2CCC(N)C(C)(C)C2)c2ccccc2c1=O. The lowest BCUT2D eigenvalue weighted by Crippen LogP contribution is -2.54. The third kappa shape index (κ3) is 3.06. The molecule has 2 heterocycles. The van der Waals surface area contributed by atoms with E-state index in [4.69, 9.17) is 5.73 Å². The second-order valence-corrected chi connectivity index (χ2v) is 7.85. The molecular formula is C19H26N4O2. The summed E-state index contributed by atoms with van der Waals surface area (Å²) < 4.78 is 1.40. The summed E-state index contributed by atoms with van der Waals surface area (Å²) in [4.78, 5) is 27.6. The van der Waals surface area contributed by atoms with Gasteiger partial charge in [-0.05, 0) is 31.7 Å². The van der Waals surface area contributed by atoms with E-state index >= 15 is 0 Å². The summed E-state index contributed by atoms with van der Waals surface area (Å²) >= 11 is 0. The smallest absolute Gasteiger partial charge is 0.274 e. The minimum Gasteiger partial charge on any atom is -0.337 e. The lowest BCUT2D eigenvalue weighted by Gasteiger charge is -2.42. The zero-order chi connectivity index (χ0) is 18.4. The van der Waals surface area contributed by atoms with Crippen molar-refractivity contribution >= 4 is 16.7 Å². The van der Waals surface area contributed by atoms with Crippen LogP contribution in [0.15, 0.2) is 29.1 Å². The van der Waals surface area contributed by atoms with Gasteiger partial charge in [0.05, 0.1) is 11.4 Å². The van der Waals surface area contributed by atoms with Crippen molar-refractivity contribution in [3.63, 3.8) is 0 Å². The Bertz CT molecular complexity index is 869. The summed E-state index contributed by atoms with van der Waals surface area (Å²) in [5.74, 6) is -0.134. The second kappa shape index (κ2) is 6.26. The van der Waals surface area contributed by atoms with E-state index in [0.717, 1.165) is 6.42 Å². The molecule has 3 rings (SSSR count). The number of nitrogens with zero attached hydrogens (tertiary/aromatic N) is 3. The quantitative estimate of drug-likeness (QED) is 0.907. The summed E-state index contributed by atoms with van der Waals surface area (Å²) in [5, 5.41) is 5.57. The largest absolute Gasteiger partial charge is 0.337 e. The van der Waals surface area contributed by atoms with Crippen LogP contribution in [-0.4, -0.2) is 39.7 Å². The molecule has 1 unspecified atom stereocenters. The molecule has 0 spiro atoms. The van der Waals surface area contributed by atoms with E-state index in [0.29, 0.717) is 29.6 Å². The number of rotatable bonds is 2. The van der Waals surface area contributed by atoms with Crippen molar-refractivity contribution in [2.24, 2.45) is 11.1 Å². The normalized spacial score (nSPS) is 20.2. The number of carbonyl (C=O) groups excluding carboxylic acids is 1. The molecule has 1 aliphatic heterocycles. The number of fused-ring (bicyclic) bond motifs is 1. The maximum atomic E-state index is 13.2. The van der Waals surface area contributed by atoms with E-state index in [1.54, 1.807) is 12.1 Å². The van der Waals surface area contributed by atoms with Crippen molar-refractivity contribution in [1.82, 2.24) is 14.7 Å². The Balaban J connectivity index is 2.10. The fourth-order valence-corrected chi connectivity index (χ4v) is 3.41. The number of nitrogens with two attached hydrogens (primary N) is 1. The topological polar surface area (TPSA) is 81.2 Å². The highest BCUT2D eigenvalue weighted by molar-refractivity contribution is 6.04. The van der Waals surface area contributed by atoms with Crippen molar-refractivity contribution in [3.8, 4) is 0 Å². The van der Waals surface area contributed by atoms with Gasteiger partial charge in [0, 0.05) is 24.5 Å². The number of aromatic nitrogens is 2. The molecule has 1 amide bonds. The molecular weight excluding hydrogens is 316 g/mol. The van der Waals surface area contributed by atoms with E-state index in [9.17, 15) is 9.59 Å². The van der Waals surface area contributed by atoms with Gasteiger partial charge in [-0.2, -0.15) is 5.10 Å². The molecule has 0 bridgehead atoms. The van der Waals surface area contributed by atoms with E-state index in [-0.39, 0.29) is 29.0 Å². The molecule has 2 N–H and O–H groups in total. The zero-order valence-electron chi connectivity index (χ0n) is 15.3. The number of hydrogen-bond donors (Lipinski definition) is 1. The van der Waals surface area contributed by atoms with E-state index in [2.05, 4.69) is 18.9 Å².